The van der Waals surface area contributed by atoms with Crippen LogP contribution in [-0.4, -0.2) is 73.7 Å². The first-order valence-corrected chi connectivity index (χ1v) is 13.0. The van der Waals surface area contributed by atoms with E-state index in [1.807, 2.05) is 86.0 Å². The van der Waals surface area contributed by atoms with Crippen molar-refractivity contribution in [2.45, 2.75) is 52.2 Å². The average molecular weight is 513 g/mol. The van der Waals surface area contributed by atoms with Crippen molar-refractivity contribution in [2.75, 3.05) is 13.1 Å². The van der Waals surface area contributed by atoms with Gasteiger partial charge in [-0.2, -0.15) is 0 Å². The van der Waals surface area contributed by atoms with Crippen LogP contribution >= 0.6 is 0 Å². The van der Waals surface area contributed by atoms with E-state index in [1.54, 1.807) is 0 Å². The number of imidazole rings is 1. The Bertz CT molecular complexity index is 1540. The number of likely N-dealkylation sites (tertiary alicyclic amines) is 2. The third-order valence-electron chi connectivity index (χ3n) is 7.79. The summed E-state index contributed by atoms with van der Waals surface area (Å²) in [5.74, 6) is -0.236. The number of hydrogen-bond donors (Lipinski definition) is 3. The highest BCUT2D eigenvalue weighted by Gasteiger charge is 2.50. The highest BCUT2D eigenvalue weighted by atomic mass is 16.2. The lowest BCUT2D eigenvalue weighted by atomic mass is 9.85. The van der Waals surface area contributed by atoms with Gasteiger partial charge in [-0.1, -0.05) is 45.0 Å². The molecule has 0 aliphatic carbocycles. The normalized spacial score (nSPS) is 19.9. The smallest absolute Gasteiger partial charge is 0.290 e. The van der Waals surface area contributed by atoms with Crippen LogP contribution in [0.4, 0.5) is 0 Å². The number of H-pyrrole nitrogens is 2. The molecule has 6 rings (SSSR count). The second kappa shape index (κ2) is 8.72. The van der Waals surface area contributed by atoms with Gasteiger partial charge in [0.15, 0.2) is 5.82 Å². The fraction of sp³-hybridized carbons (Fsp3) is 0.379. The van der Waals surface area contributed by atoms with Crippen molar-refractivity contribution < 1.29 is 14.4 Å². The van der Waals surface area contributed by atoms with E-state index in [0.717, 1.165) is 33.9 Å². The summed E-state index contributed by atoms with van der Waals surface area (Å²) in [5, 5.41) is 3.95. The van der Waals surface area contributed by atoms with Gasteiger partial charge in [0.05, 0.1) is 23.1 Å². The summed E-state index contributed by atoms with van der Waals surface area (Å²) >= 11 is 0. The number of aromatic amines is 2. The molecule has 2 saturated heterocycles. The topological polar surface area (TPSA) is 114 Å². The molecule has 9 heteroatoms. The number of nitrogens with one attached hydrogen (secondary N) is 3. The molecule has 0 radical (unpaired) electrons. The van der Waals surface area contributed by atoms with Crippen LogP contribution in [0.15, 0.2) is 48.5 Å². The van der Waals surface area contributed by atoms with Gasteiger partial charge in [-0.05, 0) is 48.6 Å². The Kier molecular flexibility index (Phi) is 5.55. The molecule has 4 aromatic rings. The van der Waals surface area contributed by atoms with Crippen LogP contribution in [0, 0.1) is 12.3 Å². The fourth-order valence-corrected chi connectivity index (χ4v) is 5.76. The van der Waals surface area contributed by atoms with Crippen molar-refractivity contribution in [3.05, 3.63) is 65.6 Å². The maximum absolute atomic E-state index is 13.8. The summed E-state index contributed by atoms with van der Waals surface area (Å²) in [5.41, 5.74) is 3.50. The third kappa shape index (κ3) is 4.12. The minimum Gasteiger partial charge on any atom is -0.351 e. The van der Waals surface area contributed by atoms with Crippen LogP contribution < -0.4 is 5.32 Å². The summed E-state index contributed by atoms with van der Waals surface area (Å²) in [7, 11) is 0. The molecule has 2 aliphatic rings. The number of carbonyl (C=O) groups excluding carboxylic acids is 3. The lowest BCUT2D eigenvalue weighted by molar-refractivity contribution is -0.138. The van der Waals surface area contributed by atoms with E-state index in [1.165, 1.54) is 0 Å². The van der Waals surface area contributed by atoms with Crippen LogP contribution in [0.3, 0.4) is 0 Å². The molecule has 2 aliphatic heterocycles. The molecule has 38 heavy (non-hydrogen) atoms. The number of nitrogens with zero attached hydrogens (tertiary/aromatic N) is 3. The SMILES string of the molecule is Cc1ccc2cc(C(=O)NC(C(=O)N3CC4CC3CN4C(=O)c3nc4ccccc4[nH]3)C(C)(C)C)[nH]c2c1. The van der Waals surface area contributed by atoms with Gasteiger partial charge in [-0.25, -0.2) is 4.98 Å². The summed E-state index contributed by atoms with van der Waals surface area (Å²) in [6, 6.07) is 14.5. The molecule has 2 aromatic heterocycles. The molecule has 3 N–H and O–H groups in total. The molecule has 9 nitrogen and oxygen atoms in total. The second-order valence-electron chi connectivity index (χ2n) is 11.6. The molecule has 0 saturated carbocycles. The number of amides is 3. The van der Waals surface area contributed by atoms with Crippen molar-refractivity contribution in [2.24, 2.45) is 5.41 Å². The zero-order valence-corrected chi connectivity index (χ0v) is 22.0. The number of piperazine rings is 1. The van der Waals surface area contributed by atoms with E-state index in [4.69, 9.17) is 0 Å². The Morgan fingerprint density at radius 1 is 0.974 bits per heavy atom. The summed E-state index contributed by atoms with van der Waals surface area (Å²) in [6.45, 7) is 8.77. The van der Waals surface area contributed by atoms with E-state index in [0.29, 0.717) is 24.6 Å². The maximum Gasteiger partial charge on any atom is 0.290 e. The minimum absolute atomic E-state index is 0.0714. The van der Waals surface area contributed by atoms with E-state index in [2.05, 4.69) is 20.3 Å². The molecule has 3 unspecified atom stereocenters. The molecular formula is C29H32N6O3. The van der Waals surface area contributed by atoms with E-state index in [9.17, 15) is 14.4 Å². The molecule has 2 fully saturated rings. The van der Waals surface area contributed by atoms with Gasteiger partial charge in [-0.15, -0.1) is 0 Å². The molecular weight excluding hydrogens is 480 g/mol. The van der Waals surface area contributed by atoms with Gasteiger partial charge < -0.3 is 25.1 Å². The van der Waals surface area contributed by atoms with Crippen LogP contribution in [0.25, 0.3) is 21.9 Å². The van der Waals surface area contributed by atoms with Crippen molar-refractivity contribution >= 4 is 39.7 Å². The maximum atomic E-state index is 13.8. The second-order valence-corrected chi connectivity index (χ2v) is 11.6. The molecule has 2 aromatic carbocycles. The van der Waals surface area contributed by atoms with Crippen molar-refractivity contribution in [3.8, 4) is 0 Å². The number of aryl methyl sites for hydroxylation is 1. The van der Waals surface area contributed by atoms with Crippen LogP contribution in [0.2, 0.25) is 0 Å². The van der Waals surface area contributed by atoms with Gasteiger partial charge in [0, 0.05) is 24.0 Å². The Morgan fingerprint density at radius 3 is 2.42 bits per heavy atom. The first-order chi connectivity index (χ1) is 18.1. The molecule has 2 bridgehead atoms. The van der Waals surface area contributed by atoms with Gasteiger partial charge in [0.25, 0.3) is 11.8 Å². The van der Waals surface area contributed by atoms with Crippen molar-refractivity contribution in [1.29, 1.82) is 0 Å². The first kappa shape index (κ1) is 24.2. The van der Waals surface area contributed by atoms with E-state index in [-0.39, 0.29) is 29.8 Å². The Morgan fingerprint density at radius 2 is 1.71 bits per heavy atom. The number of rotatable bonds is 4. The van der Waals surface area contributed by atoms with Crippen molar-refractivity contribution in [3.63, 3.8) is 0 Å². The number of aromatic nitrogens is 3. The zero-order valence-electron chi connectivity index (χ0n) is 22.0. The number of benzene rings is 2. The summed E-state index contributed by atoms with van der Waals surface area (Å²) in [6.07, 6.45) is 0.726. The quantitative estimate of drug-likeness (QED) is 0.387. The van der Waals surface area contributed by atoms with Crippen LogP contribution in [0.5, 0.6) is 0 Å². The minimum atomic E-state index is -0.706. The van der Waals surface area contributed by atoms with E-state index < -0.39 is 11.5 Å². The number of hydrogen-bond acceptors (Lipinski definition) is 4. The van der Waals surface area contributed by atoms with Gasteiger partial charge >= 0.3 is 0 Å². The Balaban J connectivity index is 1.17. The molecule has 196 valence electrons. The Hall–Kier alpha value is -4.14. The number of carbonyl (C=O) groups is 3. The monoisotopic (exact) mass is 512 g/mol. The molecule has 3 amide bonds. The number of fused-ring (bicyclic) bond motifs is 4. The van der Waals surface area contributed by atoms with E-state index >= 15 is 0 Å². The summed E-state index contributed by atoms with van der Waals surface area (Å²) in [4.78, 5) is 54.7. The zero-order chi connectivity index (χ0) is 26.8. The molecule has 4 heterocycles. The van der Waals surface area contributed by atoms with Crippen LogP contribution in [-0.2, 0) is 4.79 Å². The standard InChI is InChI=1S/C29H32N6O3/c1-16-9-10-17-12-23(30-22(17)11-16)26(36)33-24(29(2,3)4)27(37)34-14-19-13-18(34)15-35(19)28(38)25-31-20-7-5-6-8-21(20)32-25/h5-12,18-19,24,30H,13-15H2,1-4H3,(H,31,32)(H,33,36). The predicted molar refractivity (Wildman–Crippen MR) is 145 cm³/mol. The van der Waals surface area contributed by atoms with Crippen molar-refractivity contribution in [1.82, 2.24) is 30.1 Å². The largest absolute Gasteiger partial charge is 0.351 e. The highest BCUT2D eigenvalue weighted by molar-refractivity contribution is 6.00. The molecule has 0 spiro atoms. The van der Waals surface area contributed by atoms with Gasteiger partial charge in [0.2, 0.25) is 5.91 Å². The van der Waals surface area contributed by atoms with Crippen LogP contribution in [0.1, 0.15) is 53.9 Å². The highest BCUT2D eigenvalue weighted by Crippen LogP contribution is 2.34. The predicted octanol–water partition coefficient (Wildman–Crippen LogP) is 3.62. The lowest BCUT2D eigenvalue weighted by Crippen LogP contribution is -2.59. The fourth-order valence-electron chi connectivity index (χ4n) is 5.76. The number of para-hydroxylation sites is 2. The summed E-state index contributed by atoms with van der Waals surface area (Å²) < 4.78 is 0. The lowest BCUT2D eigenvalue weighted by Gasteiger charge is -2.39. The van der Waals surface area contributed by atoms with Gasteiger partial charge in [-0.3, -0.25) is 14.4 Å². The first-order valence-electron chi connectivity index (χ1n) is 13.0. The average Bonchev–Trinajstić information content (AvgIpc) is 3.66. The Labute approximate surface area is 220 Å². The molecule has 3 atom stereocenters. The third-order valence-corrected chi connectivity index (χ3v) is 7.79. The van der Waals surface area contributed by atoms with Gasteiger partial charge in [0.1, 0.15) is 11.7 Å².